The molecular weight excluding hydrogens is 382 g/mol. The summed E-state index contributed by atoms with van der Waals surface area (Å²) in [5.74, 6) is -0.0683. The van der Waals surface area contributed by atoms with Gasteiger partial charge in [0.15, 0.2) is 4.96 Å². The van der Waals surface area contributed by atoms with E-state index >= 15 is 0 Å². The quantitative estimate of drug-likeness (QED) is 0.426. The predicted molar refractivity (Wildman–Crippen MR) is 117 cm³/mol. The number of aryl methyl sites for hydroxylation is 2. The maximum absolute atomic E-state index is 12.5. The second-order valence-electron chi connectivity index (χ2n) is 7.21. The van der Waals surface area contributed by atoms with Crippen molar-refractivity contribution in [1.82, 2.24) is 9.38 Å². The van der Waals surface area contributed by atoms with Crippen molar-refractivity contribution >= 4 is 38.9 Å². The van der Waals surface area contributed by atoms with Crippen LogP contribution in [0.3, 0.4) is 0 Å². The Morgan fingerprint density at radius 1 is 1.17 bits per heavy atom. The van der Waals surface area contributed by atoms with Crippen molar-refractivity contribution in [2.75, 3.05) is 5.32 Å². The van der Waals surface area contributed by atoms with Gasteiger partial charge in [-0.1, -0.05) is 12.1 Å². The van der Waals surface area contributed by atoms with Gasteiger partial charge in [-0.2, -0.15) is 0 Å². The fourth-order valence-electron chi connectivity index (χ4n) is 3.44. The van der Waals surface area contributed by atoms with Crippen LogP contribution in [0.2, 0.25) is 0 Å². The Labute approximate surface area is 171 Å². The summed E-state index contributed by atoms with van der Waals surface area (Å²) < 4.78 is 7.64. The Hall–Kier alpha value is -3.38. The smallest absolute Gasteiger partial charge is 0.228 e. The molecule has 3 aromatic heterocycles. The Bertz CT molecular complexity index is 1310. The number of anilines is 1. The van der Waals surface area contributed by atoms with Crippen molar-refractivity contribution in [2.45, 2.75) is 20.3 Å². The first-order valence-electron chi connectivity index (χ1n) is 9.36. The summed E-state index contributed by atoms with van der Waals surface area (Å²) in [6, 6.07) is 11.9. The lowest BCUT2D eigenvalue weighted by atomic mass is 10.0. The number of hydrogen-bond donors (Lipinski definition) is 1. The van der Waals surface area contributed by atoms with Crippen LogP contribution in [0, 0.1) is 13.8 Å². The van der Waals surface area contributed by atoms with Crippen LogP contribution in [0.25, 0.3) is 27.2 Å². The third-order valence-electron chi connectivity index (χ3n) is 5.18. The molecule has 5 rings (SSSR count). The number of carbonyl (C=O) groups excluding carboxylic acids is 1. The molecule has 1 amide bonds. The second-order valence-corrected chi connectivity index (χ2v) is 8.09. The third kappa shape index (κ3) is 3.32. The van der Waals surface area contributed by atoms with Gasteiger partial charge in [0.2, 0.25) is 5.91 Å². The van der Waals surface area contributed by atoms with Crippen LogP contribution < -0.4 is 5.32 Å². The highest BCUT2D eigenvalue weighted by Gasteiger charge is 2.12. The highest BCUT2D eigenvalue weighted by atomic mass is 32.1. The summed E-state index contributed by atoms with van der Waals surface area (Å²) in [6.07, 6.45) is 5.95. The van der Waals surface area contributed by atoms with Crippen LogP contribution in [0.5, 0.6) is 0 Å². The first-order chi connectivity index (χ1) is 14.1. The van der Waals surface area contributed by atoms with E-state index in [1.807, 2.05) is 52.5 Å². The number of imidazole rings is 1. The van der Waals surface area contributed by atoms with Gasteiger partial charge in [0.1, 0.15) is 5.58 Å². The molecule has 0 radical (unpaired) electrons. The van der Waals surface area contributed by atoms with E-state index < -0.39 is 0 Å². The topological polar surface area (TPSA) is 59.5 Å². The van der Waals surface area contributed by atoms with Crippen molar-refractivity contribution in [3.63, 3.8) is 0 Å². The van der Waals surface area contributed by atoms with Crippen LogP contribution in [0.1, 0.15) is 16.7 Å². The van der Waals surface area contributed by atoms with Gasteiger partial charge in [0.05, 0.1) is 18.4 Å². The molecule has 0 saturated carbocycles. The molecule has 3 heterocycles. The van der Waals surface area contributed by atoms with E-state index in [2.05, 4.69) is 30.2 Å². The Morgan fingerprint density at radius 3 is 2.76 bits per heavy atom. The minimum Gasteiger partial charge on any atom is -0.464 e. The molecule has 0 unspecified atom stereocenters. The van der Waals surface area contributed by atoms with Crippen LogP contribution in [0.15, 0.2) is 64.9 Å². The number of benzene rings is 2. The Kier molecular flexibility index (Phi) is 4.21. The third-order valence-corrected chi connectivity index (χ3v) is 5.95. The highest BCUT2D eigenvalue weighted by molar-refractivity contribution is 7.15. The van der Waals surface area contributed by atoms with E-state index in [1.54, 1.807) is 17.6 Å². The van der Waals surface area contributed by atoms with Crippen molar-refractivity contribution in [2.24, 2.45) is 0 Å². The van der Waals surface area contributed by atoms with E-state index in [4.69, 9.17) is 4.42 Å². The lowest BCUT2D eigenvalue weighted by molar-refractivity contribution is -0.115. The summed E-state index contributed by atoms with van der Waals surface area (Å²) in [7, 11) is 0. The SMILES string of the molecule is Cc1cc2occ(CC(=O)Nc3ccc(-c4cn5ccsc5n4)cc3)c2cc1C. The monoisotopic (exact) mass is 401 g/mol. The van der Waals surface area contributed by atoms with Gasteiger partial charge in [-0.3, -0.25) is 9.20 Å². The minimum absolute atomic E-state index is 0.0683. The summed E-state index contributed by atoms with van der Waals surface area (Å²) in [5.41, 5.74) is 6.79. The number of aromatic nitrogens is 2. The second kappa shape index (κ2) is 6.90. The van der Waals surface area contributed by atoms with E-state index in [-0.39, 0.29) is 12.3 Å². The number of nitrogens with zero attached hydrogens (tertiary/aromatic N) is 2. The molecule has 5 nitrogen and oxygen atoms in total. The number of furan rings is 1. The van der Waals surface area contributed by atoms with Gasteiger partial charge in [-0.05, 0) is 49.2 Å². The largest absolute Gasteiger partial charge is 0.464 e. The molecule has 0 aliphatic rings. The average Bonchev–Trinajstić information content (AvgIpc) is 3.39. The summed E-state index contributed by atoms with van der Waals surface area (Å²) in [6.45, 7) is 4.12. The number of fused-ring (bicyclic) bond motifs is 2. The maximum Gasteiger partial charge on any atom is 0.228 e. The van der Waals surface area contributed by atoms with Crippen molar-refractivity contribution < 1.29 is 9.21 Å². The first-order valence-corrected chi connectivity index (χ1v) is 10.2. The number of thiazole rings is 1. The zero-order chi connectivity index (χ0) is 20.0. The molecule has 5 aromatic rings. The van der Waals surface area contributed by atoms with Gasteiger partial charge in [-0.25, -0.2) is 4.98 Å². The van der Waals surface area contributed by atoms with Crippen molar-refractivity contribution in [1.29, 1.82) is 0 Å². The van der Waals surface area contributed by atoms with Gasteiger partial charge in [0, 0.05) is 40.0 Å². The summed E-state index contributed by atoms with van der Waals surface area (Å²) >= 11 is 1.61. The van der Waals surface area contributed by atoms with E-state index in [1.165, 1.54) is 11.1 Å². The van der Waals surface area contributed by atoms with Crippen molar-refractivity contribution in [3.05, 3.63) is 77.1 Å². The lowest BCUT2D eigenvalue weighted by Gasteiger charge is -2.06. The molecule has 0 atom stereocenters. The highest BCUT2D eigenvalue weighted by Crippen LogP contribution is 2.26. The number of carbonyl (C=O) groups is 1. The van der Waals surface area contributed by atoms with Crippen LogP contribution in [-0.2, 0) is 11.2 Å². The molecular formula is C23H19N3O2S. The zero-order valence-electron chi connectivity index (χ0n) is 16.1. The lowest BCUT2D eigenvalue weighted by Crippen LogP contribution is -2.14. The molecule has 2 aromatic carbocycles. The molecule has 0 saturated heterocycles. The maximum atomic E-state index is 12.5. The fourth-order valence-corrected chi connectivity index (χ4v) is 4.14. The van der Waals surface area contributed by atoms with E-state index in [9.17, 15) is 4.79 Å². The Balaban J connectivity index is 1.31. The molecule has 29 heavy (non-hydrogen) atoms. The van der Waals surface area contributed by atoms with Gasteiger partial charge < -0.3 is 9.73 Å². The molecule has 0 spiro atoms. The number of rotatable bonds is 4. The molecule has 0 fully saturated rings. The number of amides is 1. The normalized spacial score (nSPS) is 11.4. The summed E-state index contributed by atoms with van der Waals surface area (Å²) in [4.78, 5) is 18.1. The van der Waals surface area contributed by atoms with E-state index in [0.29, 0.717) is 0 Å². The van der Waals surface area contributed by atoms with E-state index in [0.717, 1.165) is 38.4 Å². The first kappa shape index (κ1) is 17.7. The number of hydrogen-bond acceptors (Lipinski definition) is 4. The molecule has 0 bridgehead atoms. The van der Waals surface area contributed by atoms with Gasteiger partial charge in [-0.15, -0.1) is 11.3 Å². The average molecular weight is 401 g/mol. The zero-order valence-corrected chi connectivity index (χ0v) is 16.9. The molecule has 0 aliphatic heterocycles. The van der Waals surface area contributed by atoms with Crippen LogP contribution in [-0.4, -0.2) is 15.3 Å². The fraction of sp³-hybridized carbons (Fsp3) is 0.130. The van der Waals surface area contributed by atoms with Crippen LogP contribution in [0.4, 0.5) is 5.69 Å². The van der Waals surface area contributed by atoms with Gasteiger partial charge >= 0.3 is 0 Å². The van der Waals surface area contributed by atoms with Crippen LogP contribution >= 0.6 is 11.3 Å². The molecule has 1 N–H and O–H groups in total. The predicted octanol–water partition coefficient (Wildman–Crippen LogP) is 5.61. The number of nitrogens with one attached hydrogen (secondary N) is 1. The van der Waals surface area contributed by atoms with Gasteiger partial charge in [0.25, 0.3) is 0 Å². The molecule has 6 heteroatoms. The molecule has 0 aliphatic carbocycles. The van der Waals surface area contributed by atoms with Crippen molar-refractivity contribution in [3.8, 4) is 11.3 Å². The standard InChI is InChI=1S/C23H19N3O2S/c1-14-9-19-17(13-28-21(19)10-15(14)2)11-22(27)24-18-5-3-16(4-6-18)20-12-26-7-8-29-23(26)25-20/h3-10,12-13H,11H2,1-2H3,(H,24,27). The molecule has 144 valence electrons. The summed E-state index contributed by atoms with van der Waals surface area (Å²) in [5, 5.41) is 5.98. The minimum atomic E-state index is -0.0683. The Morgan fingerprint density at radius 2 is 1.97 bits per heavy atom.